The maximum Gasteiger partial charge on any atom is 0.272 e. The molecule has 2 aliphatic heterocycles. The van der Waals surface area contributed by atoms with E-state index in [0.717, 1.165) is 12.0 Å². The predicted molar refractivity (Wildman–Crippen MR) is 91.4 cm³/mol. The molecule has 6 nitrogen and oxygen atoms in total. The fraction of sp³-hybridized carbons (Fsp3) is 0.529. The summed E-state index contributed by atoms with van der Waals surface area (Å²) in [4.78, 5) is 19.9. The highest BCUT2D eigenvalue weighted by atomic mass is 32.2. The van der Waals surface area contributed by atoms with Crippen LogP contribution in [0.1, 0.15) is 37.9 Å². The molecule has 0 saturated carbocycles. The van der Waals surface area contributed by atoms with Gasteiger partial charge >= 0.3 is 0 Å². The zero-order chi connectivity index (χ0) is 17.2. The summed E-state index contributed by atoms with van der Waals surface area (Å²) in [6.07, 6.45) is 1.45. The van der Waals surface area contributed by atoms with Crippen LogP contribution in [0.25, 0.3) is 0 Å². The molecule has 2 heterocycles. The maximum atomic E-state index is 12.8. The average molecular weight is 350 g/mol. The maximum absolute atomic E-state index is 12.8. The van der Waals surface area contributed by atoms with Gasteiger partial charge in [0.2, 0.25) is 0 Å². The van der Waals surface area contributed by atoms with Gasteiger partial charge in [0.25, 0.3) is 5.91 Å². The van der Waals surface area contributed by atoms with Gasteiger partial charge in [0, 0.05) is 19.0 Å². The predicted octanol–water partition coefficient (Wildman–Crippen LogP) is 1.93. The topological polar surface area (TPSA) is 76.0 Å². The number of amides is 1. The second-order valence-electron chi connectivity index (χ2n) is 6.30. The van der Waals surface area contributed by atoms with Crippen molar-refractivity contribution in [2.45, 2.75) is 38.3 Å². The number of oxime groups is 1. The molecule has 2 atom stereocenters. The molecule has 7 heteroatoms. The summed E-state index contributed by atoms with van der Waals surface area (Å²) in [6.45, 7) is 2.51. The molecular weight excluding hydrogens is 328 g/mol. The van der Waals surface area contributed by atoms with E-state index < -0.39 is 9.84 Å². The monoisotopic (exact) mass is 350 g/mol. The third kappa shape index (κ3) is 3.61. The number of carbonyl (C=O) groups is 1. The van der Waals surface area contributed by atoms with Crippen LogP contribution in [-0.2, 0) is 19.5 Å². The molecule has 2 aliphatic rings. The smallest absolute Gasteiger partial charge is 0.272 e. The summed E-state index contributed by atoms with van der Waals surface area (Å²) in [5.41, 5.74) is 1.36. The Labute approximate surface area is 142 Å². The van der Waals surface area contributed by atoms with Crippen LogP contribution in [0.2, 0.25) is 0 Å². The molecule has 3 rings (SSSR count). The van der Waals surface area contributed by atoms with Crippen LogP contribution in [0.3, 0.4) is 0 Å². The van der Waals surface area contributed by atoms with E-state index in [-0.39, 0.29) is 29.6 Å². The molecule has 0 radical (unpaired) electrons. The lowest BCUT2D eigenvalue weighted by Gasteiger charge is -2.27. The molecule has 1 saturated heterocycles. The van der Waals surface area contributed by atoms with Crippen molar-refractivity contribution < 1.29 is 18.0 Å². The molecule has 0 aliphatic carbocycles. The number of carbonyl (C=O) groups excluding carboxylic acids is 1. The van der Waals surface area contributed by atoms with Crippen molar-refractivity contribution in [2.75, 3.05) is 18.1 Å². The standard InChI is InChI=1S/C17H22N2O4S/c1-2-9-19(14-8-10-24(21,22)12-14)17(20)15-11-16(23-18-15)13-6-4-3-5-7-13/h3-7,14,16H,2,8-12H2,1H3. The quantitative estimate of drug-likeness (QED) is 0.813. The summed E-state index contributed by atoms with van der Waals surface area (Å²) < 4.78 is 23.5. The molecule has 24 heavy (non-hydrogen) atoms. The molecular formula is C17H22N2O4S. The van der Waals surface area contributed by atoms with Gasteiger partial charge in [-0.15, -0.1) is 0 Å². The molecule has 0 N–H and O–H groups in total. The summed E-state index contributed by atoms with van der Waals surface area (Å²) in [5, 5.41) is 3.98. The van der Waals surface area contributed by atoms with Crippen LogP contribution >= 0.6 is 0 Å². The largest absolute Gasteiger partial charge is 0.387 e. The SMILES string of the molecule is CCCN(C(=O)C1=NOC(c2ccccc2)C1)C1CCS(=O)(=O)C1. The van der Waals surface area contributed by atoms with Crippen molar-refractivity contribution in [3.63, 3.8) is 0 Å². The molecule has 2 unspecified atom stereocenters. The normalized spacial score (nSPS) is 25.1. The lowest BCUT2D eigenvalue weighted by Crippen LogP contribution is -2.44. The van der Waals surface area contributed by atoms with Crippen LogP contribution in [0.5, 0.6) is 0 Å². The lowest BCUT2D eigenvalue weighted by atomic mass is 10.0. The Morgan fingerprint density at radius 2 is 2.08 bits per heavy atom. The third-order valence-corrected chi connectivity index (χ3v) is 6.21. The number of rotatable bonds is 5. The fourth-order valence-electron chi connectivity index (χ4n) is 3.23. The van der Waals surface area contributed by atoms with Crippen molar-refractivity contribution in [1.29, 1.82) is 0 Å². The van der Waals surface area contributed by atoms with Crippen molar-refractivity contribution >= 4 is 21.5 Å². The highest BCUT2D eigenvalue weighted by Gasteiger charge is 2.37. The molecule has 0 aromatic heterocycles. The van der Waals surface area contributed by atoms with Gasteiger partial charge in [-0.25, -0.2) is 8.42 Å². The molecule has 1 aromatic carbocycles. The van der Waals surface area contributed by atoms with Gasteiger partial charge in [-0.2, -0.15) is 0 Å². The molecule has 130 valence electrons. The van der Waals surface area contributed by atoms with Crippen molar-refractivity contribution in [3.8, 4) is 0 Å². The Morgan fingerprint density at radius 1 is 1.33 bits per heavy atom. The van der Waals surface area contributed by atoms with Crippen LogP contribution in [0.15, 0.2) is 35.5 Å². The van der Waals surface area contributed by atoms with Gasteiger partial charge in [0.05, 0.1) is 11.5 Å². The van der Waals surface area contributed by atoms with Crippen LogP contribution in [-0.4, -0.2) is 49.0 Å². The minimum Gasteiger partial charge on any atom is -0.387 e. The number of hydrogen-bond acceptors (Lipinski definition) is 5. The van der Waals surface area contributed by atoms with Crippen LogP contribution in [0.4, 0.5) is 0 Å². The Morgan fingerprint density at radius 3 is 2.71 bits per heavy atom. The second kappa shape index (κ2) is 6.93. The van der Waals surface area contributed by atoms with Gasteiger partial charge in [-0.05, 0) is 18.4 Å². The summed E-state index contributed by atoms with van der Waals surface area (Å²) in [7, 11) is -3.03. The Balaban J connectivity index is 1.70. The summed E-state index contributed by atoms with van der Waals surface area (Å²) in [6, 6.07) is 9.41. The lowest BCUT2D eigenvalue weighted by molar-refractivity contribution is -0.126. The number of sulfone groups is 1. The van der Waals surface area contributed by atoms with E-state index in [1.54, 1.807) is 4.90 Å². The van der Waals surface area contributed by atoms with Gasteiger partial charge in [-0.3, -0.25) is 4.79 Å². The fourth-order valence-corrected chi connectivity index (χ4v) is 4.96. The first-order valence-electron chi connectivity index (χ1n) is 8.29. The Bertz CT molecular complexity index is 730. The van der Waals surface area contributed by atoms with E-state index in [0.29, 0.717) is 25.1 Å². The molecule has 1 fully saturated rings. The van der Waals surface area contributed by atoms with Crippen molar-refractivity contribution in [1.82, 2.24) is 4.90 Å². The minimum atomic E-state index is -3.03. The first-order valence-corrected chi connectivity index (χ1v) is 10.1. The van der Waals surface area contributed by atoms with Gasteiger partial charge in [0.1, 0.15) is 5.71 Å². The highest BCUT2D eigenvalue weighted by molar-refractivity contribution is 7.91. The second-order valence-corrected chi connectivity index (χ2v) is 8.53. The first-order chi connectivity index (χ1) is 11.5. The number of benzene rings is 1. The zero-order valence-corrected chi connectivity index (χ0v) is 14.5. The van der Waals surface area contributed by atoms with Gasteiger partial charge < -0.3 is 9.74 Å². The van der Waals surface area contributed by atoms with Crippen LogP contribution < -0.4 is 0 Å². The molecule has 0 bridgehead atoms. The van der Waals surface area contributed by atoms with E-state index in [1.807, 2.05) is 37.3 Å². The van der Waals surface area contributed by atoms with Crippen molar-refractivity contribution in [3.05, 3.63) is 35.9 Å². The van der Waals surface area contributed by atoms with Gasteiger partial charge in [-0.1, -0.05) is 42.4 Å². The molecule has 1 aromatic rings. The Kier molecular flexibility index (Phi) is 4.89. The molecule has 1 amide bonds. The summed E-state index contributed by atoms with van der Waals surface area (Å²) >= 11 is 0. The number of nitrogens with zero attached hydrogens (tertiary/aromatic N) is 2. The Hall–Kier alpha value is -1.89. The highest BCUT2D eigenvalue weighted by Crippen LogP contribution is 2.28. The minimum absolute atomic E-state index is 0.0506. The van der Waals surface area contributed by atoms with E-state index >= 15 is 0 Å². The zero-order valence-electron chi connectivity index (χ0n) is 13.7. The van der Waals surface area contributed by atoms with Crippen molar-refractivity contribution in [2.24, 2.45) is 5.16 Å². The molecule has 0 spiro atoms. The third-order valence-electron chi connectivity index (χ3n) is 4.46. The first kappa shape index (κ1) is 17.0. The summed E-state index contributed by atoms with van der Waals surface area (Å²) in [5.74, 6) is 0.00727. The van der Waals surface area contributed by atoms with E-state index in [4.69, 9.17) is 4.84 Å². The number of hydrogen-bond donors (Lipinski definition) is 0. The van der Waals surface area contributed by atoms with Crippen LogP contribution in [0, 0.1) is 0 Å². The van der Waals surface area contributed by atoms with E-state index in [2.05, 4.69) is 5.16 Å². The van der Waals surface area contributed by atoms with E-state index in [1.165, 1.54) is 0 Å². The average Bonchev–Trinajstić information content (AvgIpc) is 3.19. The van der Waals surface area contributed by atoms with Gasteiger partial charge in [0.15, 0.2) is 15.9 Å². The van der Waals surface area contributed by atoms with E-state index in [9.17, 15) is 13.2 Å².